The summed E-state index contributed by atoms with van der Waals surface area (Å²) in [6, 6.07) is 2.08. The summed E-state index contributed by atoms with van der Waals surface area (Å²) in [4.78, 5) is 0. The molecule has 0 saturated carbocycles. The average molecular weight is 326 g/mol. The molecule has 0 bridgehead atoms. The molecule has 1 fully saturated rings. The number of halogens is 1. The molecule has 1 N–H and O–H groups in total. The van der Waals surface area contributed by atoms with Gasteiger partial charge in [0.2, 0.25) is 0 Å². The first-order valence-corrected chi connectivity index (χ1v) is 7.80. The molecule has 104 valence electrons. The van der Waals surface area contributed by atoms with Gasteiger partial charge in [-0.15, -0.1) is 0 Å². The Morgan fingerprint density at radius 2 is 2.11 bits per heavy atom. The Bertz CT molecular complexity index is 482. The average Bonchev–Trinajstić information content (AvgIpc) is 2.90. The highest BCUT2D eigenvalue weighted by Gasteiger charge is 2.29. The lowest BCUT2D eigenvalue weighted by Crippen LogP contribution is -2.19. The van der Waals surface area contributed by atoms with Crippen LogP contribution < -0.4 is 14.8 Å². The molecule has 0 aromatic heterocycles. The van der Waals surface area contributed by atoms with Gasteiger partial charge in [0, 0.05) is 16.6 Å². The minimum absolute atomic E-state index is 0.434. The summed E-state index contributed by atoms with van der Waals surface area (Å²) in [6.45, 7) is 7.90. The highest BCUT2D eigenvalue weighted by atomic mass is 79.9. The molecule has 19 heavy (non-hydrogen) atoms. The minimum Gasteiger partial charge on any atom is -0.486 e. The summed E-state index contributed by atoms with van der Waals surface area (Å²) < 4.78 is 12.8. The van der Waals surface area contributed by atoms with Crippen LogP contribution in [0.25, 0.3) is 0 Å². The normalized spacial score (nSPS) is 22.0. The number of hydrogen-bond donors (Lipinski definition) is 1. The van der Waals surface area contributed by atoms with Crippen LogP contribution in [0.5, 0.6) is 11.5 Å². The van der Waals surface area contributed by atoms with Gasteiger partial charge in [-0.1, -0.05) is 29.8 Å². The number of benzene rings is 1. The van der Waals surface area contributed by atoms with E-state index < -0.39 is 0 Å². The van der Waals surface area contributed by atoms with E-state index in [0.717, 1.165) is 29.1 Å². The maximum atomic E-state index is 5.90. The van der Waals surface area contributed by atoms with Crippen molar-refractivity contribution in [3.05, 3.63) is 21.7 Å². The Morgan fingerprint density at radius 1 is 1.32 bits per heavy atom. The second kappa shape index (κ2) is 5.33. The lowest BCUT2D eigenvalue weighted by molar-refractivity contribution is 0.169. The quantitative estimate of drug-likeness (QED) is 0.903. The largest absolute Gasteiger partial charge is 0.486 e. The predicted octanol–water partition coefficient (Wildman–Crippen LogP) is 3.42. The van der Waals surface area contributed by atoms with E-state index in [9.17, 15) is 0 Å². The molecular formula is C15H20BrNO2. The summed E-state index contributed by atoms with van der Waals surface area (Å²) in [5.74, 6) is 2.86. The lowest BCUT2D eigenvalue weighted by atomic mass is 9.87. The summed E-state index contributed by atoms with van der Waals surface area (Å²) in [7, 11) is 0. The van der Waals surface area contributed by atoms with Crippen LogP contribution in [0.3, 0.4) is 0 Å². The van der Waals surface area contributed by atoms with Crippen LogP contribution in [-0.4, -0.2) is 26.3 Å². The molecule has 0 radical (unpaired) electrons. The fourth-order valence-electron chi connectivity index (χ4n) is 3.08. The zero-order chi connectivity index (χ0) is 13.4. The molecule has 0 amide bonds. The van der Waals surface area contributed by atoms with Crippen LogP contribution in [0, 0.1) is 0 Å². The molecule has 2 aliphatic heterocycles. The third kappa shape index (κ3) is 2.36. The van der Waals surface area contributed by atoms with Gasteiger partial charge in [0.1, 0.15) is 13.2 Å². The van der Waals surface area contributed by atoms with Gasteiger partial charge in [-0.3, -0.25) is 0 Å². The van der Waals surface area contributed by atoms with Gasteiger partial charge in [-0.25, -0.2) is 0 Å². The Hall–Kier alpha value is -0.740. The van der Waals surface area contributed by atoms with Gasteiger partial charge in [0.15, 0.2) is 11.5 Å². The van der Waals surface area contributed by atoms with Gasteiger partial charge < -0.3 is 14.8 Å². The van der Waals surface area contributed by atoms with Gasteiger partial charge in [-0.2, -0.15) is 0 Å². The fraction of sp³-hybridized carbons (Fsp3) is 0.600. The van der Waals surface area contributed by atoms with E-state index in [1.54, 1.807) is 0 Å². The third-order valence-electron chi connectivity index (χ3n) is 3.91. The molecular weight excluding hydrogens is 306 g/mol. The predicted molar refractivity (Wildman–Crippen MR) is 79.4 cm³/mol. The smallest absolute Gasteiger partial charge is 0.165 e. The molecule has 1 atom stereocenters. The van der Waals surface area contributed by atoms with E-state index in [-0.39, 0.29) is 0 Å². The summed E-state index contributed by atoms with van der Waals surface area (Å²) in [5, 5.41) is 3.45. The second-order valence-electron chi connectivity index (χ2n) is 5.55. The molecule has 3 rings (SSSR count). The Morgan fingerprint density at radius 3 is 2.79 bits per heavy atom. The Balaban J connectivity index is 2.15. The van der Waals surface area contributed by atoms with Gasteiger partial charge in [-0.05, 0) is 36.4 Å². The van der Waals surface area contributed by atoms with E-state index in [2.05, 4.69) is 41.2 Å². The highest BCUT2D eigenvalue weighted by Crippen LogP contribution is 2.47. The topological polar surface area (TPSA) is 30.5 Å². The van der Waals surface area contributed by atoms with Gasteiger partial charge >= 0.3 is 0 Å². The van der Waals surface area contributed by atoms with Crippen molar-refractivity contribution in [2.75, 3.05) is 26.3 Å². The van der Waals surface area contributed by atoms with Crippen molar-refractivity contribution >= 4 is 15.9 Å². The molecule has 2 aliphatic rings. The maximum Gasteiger partial charge on any atom is 0.165 e. The molecule has 3 nitrogen and oxygen atoms in total. The lowest BCUT2D eigenvalue weighted by Gasteiger charge is -2.28. The highest BCUT2D eigenvalue weighted by molar-refractivity contribution is 9.10. The van der Waals surface area contributed by atoms with Crippen molar-refractivity contribution in [3.63, 3.8) is 0 Å². The van der Waals surface area contributed by atoms with Crippen LogP contribution in [-0.2, 0) is 0 Å². The van der Waals surface area contributed by atoms with Crippen LogP contribution in [0.1, 0.15) is 43.2 Å². The molecule has 1 saturated heterocycles. The van der Waals surface area contributed by atoms with E-state index in [4.69, 9.17) is 9.47 Å². The van der Waals surface area contributed by atoms with Crippen LogP contribution in [0.15, 0.2) is 10.5 Å². The van der Waals surface area contributed by atoms with Gasteiger partial charge in [0.25, 0.3) is 0 Å². The van der Waals surface area contributed by atoms with Crippen molar-refractivity contribution in [2.45, 2.75) is 32.1 Å². The maximum absolute atomic E-state index is 5.90. The first-order chi connectivity index (χ1) is 9.18. The van der Waals surface area contributed by atoms with Gasteiger partial charge in [0.05, 0.1) is 0 Å². The van der Waals surface area contributed by atoms with E-state index in [0.29, 0.717) is 25.0 Å². The van der Waals surface area contributed by atoms with E-state index in [1.165, 1.54) is 17.5 Å². The number of ether oxygens (including phenoxy) is 2. The molecule has 0 spiro atoms. The monoisotopic (exact) mass is 325 g/mol. The fourth-order valence-corrected chi connectivity index (χ4v) is 3.83. The van der Waals surface area contributed by atoms with Crippen molar-refractivity contribution < 1.29 is 9.47 Å². The van der Waals surface area contributed by atoms with Crippen molar-refractivity contribution in [1.82, 2.24) is 5.32 Å². The summed E-state index contributed by atoms with van der Waals surface area (Å²) in [5.41, 5.74) is 2.72. The number of rotatable bonds is 2. The standard InChI is InChI=1S/C15H20BrNO2/c1-9(2)13-14(10-3-4-17-8-10)11(16)7-12-15(13)19-6-5-18-12/h7,9-10,17H,3-6,8H2,1-2H3. The summed E-state index contributed by atoms with van der Waals surface area (Å²) in [6.07, 6.45) is 1.19. The summed E-state index contributed by atoms with van der Waals surface area (Å²) >= 11 is 3.74. The molecule has 2 heterocycles. The van der Waals surface area contributed by atoms with Crippen molar-refractivity contribution in [2.24, 2.45) is 0 Å². The zero-order valence-corrected chi connectivity index (χ0v) is 13.0. The van der Waals surface area contributed by atoms with Crippen molar-refractivity contribution in [3.8, 4) is 11.5 Å². The SMILES string of the molecule is CC(C)c1c2c(cc(Br)c1C1CCNC1)OCCO2. The van der Waals surface area contributed by atoms with E-state index in [1.807, 2.05) is 0 Å². The molecule has 0 aliphatic carbocycles. The number of fused-ring (bicyclic) bond motifs is 1. The first kappa shape index (κ1) is 13.3. The third-order valence-corrected chi connectivity index (χ3v) is 4.56. The Labute approximate surface area is 122 Å². The van der Waals surface area contributed by atoms with Crippen LogP contribution in [0.2, 0.25) is 0 Å². The molecule has 4 heteroatoms. The molecule has 1 aromatic carbocycles. The zero-order valence-electron chi connectivity index (χ0n) is 11.5. The molecule has 1 unspecified atom stereocenters. The van der Waals surface area contributed by atoms with Crippen molar-refractivity contribution in [1.29, 1.82) is 0 Å². The van der Waals surface area contributed by atoms with Crippen LogP contribution in [0.4, 0.5) is 0 Å². The molecule has 1 aromatic rings. The Kier molecular flexibility index (Phi) is 3.72. The number of nitrogens with one attached hydrogen (secondary N) is 1. The second-order valence-corrected chi connectivity index (χ2v) is 6.41. The van der Waals surface area contributed by atoms with E-state index >= 15 is 0 Å². The van der Waals surface area contributed by atoms with Crippen LogP contribution >= 0.6 is 15.9 Å². The minimum atomic E-state index is 0.434. The number of hydrogen-bond acceptors (Lipinski definition) is 3. The first-order valence-electron chi connectivity index (χ1n) is 7.01.